The van der Waals surface area contributed by atoms with Crippen molar-refractivity contribution < 1.29 is 21.6 Å². The first-order chi connectivity index (χ1) is 9.71. The molecule has 21 heavy (non-hydrogen) atoms. The summed E-state index contributed by atoms with van der Waals surface area (Å²) in [6, 6.07) is 2.95. The summed E-state index contributed by atoms with van der Waals surface area (Å²) in [5, 5.41) is 11.6. The van der Waals surface area contributed by atoms with Crippen molar-refractivity contribution in [3.63, 3.8) is 0 Å². The number of hydrogen-bond acceptors (Lipinski definition) is 5. The van der Waals surface area contributed by atoms with E-state index in [1.165, 1.54) is 0 Å². The van der Waals surface area contributed by atoms with Crippen LogP contribution in [-0.4, -0.2) is 30.9 Å². The molecule has 0 aliphatic carbocycles. The van der Waals surface area contributed by atoms with E-state index in [1.807, 2.05) is 0 Å². The third-order valence-corrected chi connectivity index (χ3v) is 4.93. The van der Waals surface area contributed by atoms with E-state index in [2.05, 4.69) is 10.3 Å². The molecular formula is C12H12F3N3O2S. The number of aromatic nitrogens is 1. The van der Waals surface area contributed by atoms with Crippen LogP contribution in [0.2, 0.25) is 0 Å². The molecule has 1 N–H and O–H groups in total. The van der Waals surface area contributed by atoms with Crippen LogP contribution in [0, 0.1) is 11.3 Å². The summed E-state index contributed by atoms with van der Waals surface area (Å²) in [7, 11) is -3.21. The molecule has 0 bridgehead atoms. The van der Waals surface area contributed by atoms with E-state index in [-0.39, 0.29) is 22.9 Å². The van der Waals surface area contributed by atoms with Gasteiger partial charge in [0.05, 0.1) is 17.1 Å². The summed E-state index contributed by atoms with van der Waals surface area (Å²) in [6.07, 6.45) is -3.69. The van der Waals surface area contributed by atoms with Crippen molar-refractivity contribution in [1.82, 2.24) is 4.98 Å². The van der Waals surface area contributed by atoms with E-state index in [0.29, 0.717) is 12.8 Å². The Morgan fingerprint density at radius 3 is 2.67 bits per heavy atom. The molecule has 1 fully saturated rings. The molecule has 1 aliphatic heterocycles. The summed E-state index contributed by atoms with van der Waals surface area (Å²) in [5.74, 6) is -0.323. The second-order valence-corrected chi connectivity index (χ2v) is 7.03. The van der Waals surface area contributed by atoms with E-state index in [4.69, 9.17) is 5.26 Å². The molecule has 5 nitrogen and oxygen atoms in total. The van der Waals surface area contributed by atoms with Gasteiger partial charge in [0.25, 0.3) is 0 Å². The quantitative estimate of drug-likeness (QED) is 0.901. The average Bonchev–Trinajstić information content (AvgIpc) is 2.36. The molecule has 0 aromatic carbocycles. The van der Waals surface area contributed by atoms with Gasteiger partial charge in [0.15, 0.2) is 9.84 Å². The highest BCUT2D eigenvalue weighted by Gasteiger charge is 2.33. The summed E-state index contributed by atoms with van der Waals surface area (Å²) in [4.78, 5) is 3.40. The van der Waals surface area contributed by atoms with Gasteiger partial charge in [-0.05, 0) is 25.0 Å². The van der Waals surface area contributed by atoms with Crippen LogP contribution in [0.5, 0.6) is 0 Å². The molecule has 0 amide bonds. The second kappa shape index (κ2) is 5.52. The van der Waals surface area contributed by atoms with E-state index in [1.54, 1.807) is 6.07 Å². The largest absolute Gasteiger partial charge is 0.433 e. The first kappa shape index (κ1) is 15.6. The number of alkyl halides is 3. The zero-order valence-electron chi connectivity index (χ0n) is 10.8. The molecule has 0 saturated carbocycles. The summed E-state index contributed by atoms with van der Waals surface area (Å²) >= 11 is 0. The lowest BCUT2D eigenvalue weighted by atomic mass is 10.1. The fourth-order valence-corrected chi connectivity index (χ4v) is 3.78. The lowest BCUT2D eigenvalue weighted by Crippen LogP contribution is -2.35. The number of nitrogens with one attached hydrogen (secondary N) is 1. The number of rotatable bonds is 2. The molecule has 2 rings (SSSR count). The topological polar surface area (TPSA) is 82.8 Å². The maximum atomic E-state index is 12.6. The van der Waals surface area contributed by atoms with Crippen LogP contribution in [0.3, 0.4) is 0 Å². The molecule has 114 valence electrons. The Hall–Kier alpha value is -1.82. The number of pyridine rings is 1. The molecule has 1 aliphatic rings. The van der Waals surface area contributed by atoms with Gasteiger partial charge >= 0.3 is 6.18 Å². The van der Waals surface area contributed by atoms with Crippen LogP contribution in [-0.2, 0) is 16.0 Å². The molecular weight excluding hydrogens is 307 g/mol. The Balaban J connectivity index is 2.28. The minimum Gasteiger partial charge on any atom is -0.365 e. The van der Waals surface area contributed by atoms with Gasteiger partial charge < -0.3 is 5.32 Å². The summed E-state index contributed by atoms with van der Waals surface area (Å²) in [5.41, 5.74) is -1.17. The molecule has 1 unspecified atom stereocenters. The minimum atomic E-state index is -4.62. The Morgan fingerprint density at radius 2 is 2.10 bits per heavy atom. The van der Waals surface area contributed by atoms with E-state index in [0.717, 1.165) is 12.1 Å². The van der Waals surface area contributed by atoms with Gasteiger partial charge in [-0.1, -0.05) is 0 Å². The van der Waals surface area contributed by atoms with Gasteiger partial charge in [0, 0.05) is 6.04 Å². The van der Waals surface area contributed by atoms with E-state index < -0.39 is 27.7 Å². The first-order valence-corrected chi connectivity index (χ1v) is 7.99. The zero-order chi connectivity index (χ0) is 15.7. The van der Waals surface area contributed by atoms with Crippen LogP contribution in [0.4, 0.5) is 19.0 Å². The molecule has 1 saturated heterocycles. The molecule has 9 heteroatoms. The predicted octanol–water partition coefficient (Wildman–Crippen LogP) is 1.96. The molecule has 1 aromatic rings. The van der Waals surface area contributed by atoms with Gasteiger partial charge in [-0.3, -0.25) is 0 Å². The second-order valence-electron chi connectivity index (χ2n) is 4.80. The van der Waals surface area contributed by atoms with Crippen molar-refractivity contribution in [2.75, 3.05) is 16.8 Å². The predicted molar refractivity (Wildman–Crippen MR) is 69.3 cm³/mol. The molecule has 2 heterocycles. The minimum absolute atomic E-state index is 0.0500. The van der Waals surface area contributed by atoms with Crippen LogP contribution in [0.15, 0.2) is 12.1 Å². The van der Waals surface area contributed by atoms with Crippen molar-refractivity contribution in [3.8, 4) is 6.07 Å². The van der Waals surface area contributed by atoms with Gasteiger partial charge in [0.2, 0.25) is 0 Å². The van der Waals surface area contributed by atoms with Crippen LogP contribution in [0.1, 0.15) is 24.1 Å². The fraction of sp³-hybridized carbons (Fsp3) is 0.500. The van der Waals surface area contributed by atoms with Gasteiger partial charge in [0.1, 0.15) is 17.6 Å². The third kappa shape index (κ3) is 3.85. The first-order valence-electron chi connectivity index (χ1n) is 6.16. The zero-order valence-corrected chi connectivity index (χ0v) is 11.6. The van der Waals surface area contributed by atoms with Gasteiger partial charge in [-0.2, -0.15) is 18.4 Å². The number of nitriles is 1. The number of hydrogen-bond donors (Lipinski definition) is 1. The highest BCUT2D eigenvalue weighted by Crippen LogP contribution is 2.30. The van der Waals surface area contributed by atoms with Crippen molar-refractivity contribution in [3.05, 3.63) is 23.4 Å². The van der Waals surface area contributed by atoms with Crippen molar-refractivity contribution in [1.29, 1.82) is 5.26 Å². The third-order valence-electron chi connectivity index (χ3n) is 3.11. The smallest absolute Gasteiger partial charge is 0.365 e. The standard InChI is InChI=1S/C12H12F3N3O2S/c13-12(14,15)10-4-3-8(6-16)11(18-10)17-9-2-1-5-21(19,20)7-9/h3-4,9H,1-2,5,7H2,(H,17,18). The number of halogens is 3. The average molecular weight is 319 g/mol. The number of sulfone groups is 1. The van der Waals surface area contributed by atoms with Crippen molar-refractivity contribution in [2.45, 2.75) is 25.1 Å². The summed E-state index contributed by atoms with van der Waals surface area (Å²) in [6.45, 7) is 0. The van der Waals surface area contributed by atoms with Crippen LogP contribution >= 0.6 is 0 Å². The Labute approximate surface area is 119 Å². The van der Waals surface area contributed by atoms with Gasteiger partial charge in [-0.25, -0.2) is 13.4 Å². The normalized spacial score (nSPS) is 21.5. The fourth-order valence-electron chi connectivity index (χ4n) is 2.15. The van der Waals surface area contributed by atoms with Crippen molar-refractivity contribution in [2.24, 2.45) is 0 Å². The Bertz CT molecular complexity index is 680. The lowest BCUT2D eigenvalue weighted by molar-refractivity contribution is -0.141. The van der Waals surface area contributed by atoms with E-state index in [9.17, 15) is 21.6 Å². The number of nitrogens with zero attached hydrogens (tertiary/aromatic N) is 2. The maximum Gasteiger partial charge on any atom is 0.433 e. The Kier molecular flexibility index (Phi) is 4.09. The SMILES string of the molecule is N#Cc1ccc(C(F)(F)F)nc1NC1CCCS(=O)(=O)C1. The molecule has 0 spiro atoms. The lowest BCUT2D eigenvalue weighted by Gasteiger charge is -2.24. The molecule has 1 aromatic heterocycles. The van der Waals surface area contributed by atoms with E-state index >= 15 is 0 Å². The van der Waals surface area contributed by atoms with Gasteiger partial charge in [-0.15, -0.1) is 0 Å². The summed E-state index contributed by atoms with van der Waals surface area (Å²) < 4.78 is 61.0. The molecule has 0 radical (unpaired) electrons. The number of anilines is 1. The maximum absolute atomic E-state index is 12.6. The molecule has 1 atom stereocenters. The van der Waals surface area contributed by atoms with Crippen molar-refractivity contribution >= 4 is 15.7 Å². The highest BCUT2D eigenvalue weighted by molar-refractivity contribution is 7.91. The van der Waals surface area contributed by atoms with Crippen LogP contribution < -0.4 is 5.32 Å². The monoisotopic (exact) mass is 319 g/mol. The Morgan fingerprint density at radius 1 is 1.38 bits per heavy atom. The van der Waals surface area contributed by atoms with Crippen LogP contribution in [0.25, 0.3) is 0 Å². The highest BCUT2D eigenvalue weighted by atomic mass is 32.2.